The second-order valence-corrected chi connectivity index (χ2v) is 6.69. The van der Waals surface area contributed by atoms with Crippen LogP contribution in [0.4, 0.5) is 0 Å². The Morgan fingerprint density at radius 2 is 1.76 bits per heavy atom. The van der Waals surface area contributed by atoms with Gasteiger partial charge in [-0.3, -0.25) is 0 Å². The van der Waals surface area contributed by atoms with Gasteiger partial charge < -0.3 is 10.3 Å². The molecule has 1 aliphatic rings. The molecule has 2 aromatic rings. The number of rotatable bonds is 3. The average Bonchev–Trinajstić information content (AvgIpc) is 2.96. The number of nitrogens with two attached hydrogens (primary N) is 1. The normalized spacial score (nSPS) is 27.5. The van der Waals surface area contributed by atoms with Crippen LogP contribution in [0.2, 0.25) is 0 Å². The third-order valence-electron chi connectivity index (χ3n) is 4.72. The fourth-order valence-electron chi connectivity index (χ4n) is 3.82. The van der Waals surface area contributed by atoms with Gasteiger partial charge in [0, 0.05) is 6.04 Å². The van der Waals surface area contributed by atoms with Crippen LogP contribution in [0.1, 0.15) is 56.5 Å². The van der Waals surface area contributed by atoms with Crippen LogP contribution >= 0.6 is 0 Å². The number of hydrogen-bond acceptors (Lipinski definition) is 2. The summed E-state index contributed by atoms with van der Waals surface area (Å²) in [5.41, 5.74) is 8.76. The van der Waals surface area contributed by atoms with Gasteiger partial charge in [0.15, 0.2) is 0 Å². The Kier molecular flexibility index (Phi) is 4.11. The third kappa shape index (κ3) is 3.03. The zero-order chi connectivity index (χ0) is 14.8. The molecular weight excluding hydrogens is 258 g/mol. The number of benzene rings is 1. The molecule has 1 aromatic carbocycles. The summed E-state index contributed by atoms with van der Waals surface area (Å²) >= 11 is 0. The molecule has 1 aromatic heterocycles. The van der Waals surface area contributed by atoms with E-state index in [1.54, 1.807) is 0 Å². The van der Waals surface area contributed by atoms with Gasteiger partial charge in [-0.2, -0.15) is 0 Å². The van der Waals surface area contributed by atoms with Crippen molar-refractivity contribution in [2.45, 2.75) is 45.2 Å². The maximum atomic E-state index is 6.48. The minimum absolute atomic E-state index is 0.0961. The Balaban J connectivity index is 1.87. The molecule has 0 spiro atoms. The molecule has 112 valence electrons. The summed E-state index contributed by atoms with van der Waals surface area (Å²) in [7, 11) is 0. The molecule has 1 saturated carbocycles. The summed E-state index contributed by atoms with van der Waals surface area (Å²) in [4.78, 5) is 4.38. The Morgan fingerprint density at radius 1 is 1.10 bits per heavy atom. The van der Waals surface area contributed by atoms with Crippen molar-refractivity contribution in [1.29, 1.82) is 0 Å². The van der Waals surface area contributed by atoms with E-state index in [9.17, 15) is 0 Å². The van der Waals surface area contributed by atoms with E-state index in [4.69, 9.17) is 5.73 Å². The maximum Gasteiger partial charge on any atom is 0.0951 e. The van der Waals surface area contributed by atoms with Crippen molar-refractivity contribution in [3.05, 3.63) is 54.1 Å². The van der Waals surface area contributed by atoms with E-state index < -0.39 is 0 Å². The van der Waals surface area contributed by atoms with Gasteiger partial charge in [-0.05, 0) is 36.7 Å². The number of imidazole rings is 1. The van der Waals surface area contributed by atoms with Crippen molar-refractivity contribution in [3.8, 4) is 0 Å². The van der Waals surface area contributed by atoms with Gasteiger partial charge in [-0.1, -0.05) is 44.2 Å². The van der Waals surface area contributed by atoms with Crippen LogP contribution in [-0.4, -0.2) is 9.55 Å². The van der Waals surface area contributed by atoms with Gasteiger partial charge in [0.05, 0.1) is 24.3 Å². The first-order valence-electron chi connectivity index (χ1n) is 7.97. The van der Waals surface area contributed by atoms with E-state index in [1.165, 1.54) is 19.3 Å². The van der Waals surface area contributed by atoms with Crippen molar-refractivity contribution in [2.75, 3.05) is 0 Å². The zero-order valence-corrected chi connectivity index (χ0v) is 12.9. The summed E-state index contributed by atoms with van der Waals surface area (Å²) < 4.78 is 2.32. The summed E-state index contributed by atoms with van der Waals surface area (Å²) in [5, 5.41) is 0. The minimum atomic E-state index is -0.0961. The molecule has 3 heteroatoms. The molecule has 2 N–H and O–H groups in total. The fourth-order valence-corrected chi connectivity index (χ4v) is 3.82. The summed E-state index contributed by atoms with van der Waals surface area (Å²) in [6.45, 7) is 4.72. The topological polar surface area (TPSA) is 43.8 Å². The first kappa shape index (κ1) is 14.3. The maximum absolute atomic E-state index is 6.48. The van der Waals surface area contributed by atoms with E-state index in [1.807, 2.05) is 30.7 Å². The van der Waals surface area contributed by atoms with Crippen LogP contribution in [0.25, 0.3) is 0 Å². The van der Waals surface area contributed by atoms with Crippen LogP contribution in [0.3, 0.4) is 0 Å². The highest BCUT2D eigenvalue weighted by Gasteiger charge is 2.27. The number of nitrogens with zero attached hydrogens (tertiary/aromatic N) is 2. The summed E-state index contributed by atoms with van der Waals surface area (Å²) in [6.07, 6.45) is 7.70. The van der Waals surface area contributed by atoms with Crippen molar-refractivity contribution >= 4 is 0 Å². The molecule has 3 unspecified atom stereocenters. The van der Waals surface area contributed by atoms with Crippen molar-refractivity contribution in [1.82, 2.24) is 9.55 Å². The predicted octanol–water partition coefficient (Wildman–Crippen LogP) is 3.93. The lowest BCUT2D eigenvalue weighted by molar-refractivity contribution is 0.218. The Hall–Kier alpha value is -1.61. The Bertz CT molecular complexity index is 565. The van der Waals surface area contributed by atoms with E-state index >= 15 is 0 Å². The molecule has 1 aliphatic carbocycles. The van der Waals surface area contributed by atoms with E-state index in [2.05, 4.69) is 35.5 Å². The molecule has 1 fully saturated rings. The molecule has 1 heterocycles. The third-order valence-corrected chi connectivity index (χ3v) is 4.72. The van der Waals surface area contributed by atoms with Crippen molar-refractivity contribution < 1.29 is 0 Å². The second kappa shape index (κ2) is 6.02. The predicted molar refractivity (Wildman–Crippen MR) is 85.9 cm³/mol. The molecular formula is C18H25N3. The van der Waals surface area contributed by atoms with Gasteiger partial charge >= 0.3 is 0 Å². The Morgan fingerprint density at radius 3 is 2.43 bits per heavy atom. The van der Waals surface area contributed by atoms with E-state index in [0.29, 0.717) is 6.04 Å². The number of aromatic nitrogens is 2. The molecule has 0 saturated heterocycles. The van der Waals surface area contributed by atoms with Gasteiger partial charge in [-0.15, -0.1) is 0 Å². The smallest absolute Gasteiger partial charge is 0.0951 e. The molecule has 21 heavy (non-hydrogen) atoms. The van der Waals surface area contributed by atoms with Gasteiger partial charge in [-0.25, -0.2) is 4.98 Å². The van der Waals surface area contributed by atoms with Crippen molar-refractivity contribution in [3.63, 3.8) is 0 Å². The molecule has 0 aliphatic heterocycles. The molecule has 3 nitrogen and oxygen atoms in total. The van der Waals surface area contributed by atoms with E-state index in [0.717, 1.165) is 23.1 Å². The van der Waals surface area contributed by atoms with Crippen LogP contribution in [-0.2, 0) is 0 Å². The highest BCUT2D eigenvalue weighted by Crippen LogP contribution is 2.37. The van der Waals surface area contributed by atoms with Crippen molar-refractivity contribution in [2.24, 2.45) is 17.6 Å². The van der Waals surface area contributed by atoms with Crippen LogP contribution in [0, 0.1) is 11.8 Å². The zero-order valence-electron chi connectivity index (χ0n) is 12.9. The lowest BCUT2D eigenvalue weighted by atomic mass is 9.80. The quantitative estimate of drug-likeness (QED) is 0.927. The fraction of sp³-hybridized carbons (Fsp3) is 0.500. The molecule has 3 rings (SSSR count). The number of hydrogen-bond donors (Lipinski definition) is 1. The highest BCUT2D eigenvalue weighted by molar-refractivity contribution is 5.26. The monoisotopic (exact) mass is 283 g/mol. The van der Waals surface area contributed by atoms with Gasteiger partial charge in [0.2, 0.25) is 0 Å². The average molecular weight is 283 g/mol. The largest absolute Gasteiger partial charge is 0.330 e. The van der Waals surface area contributed by atoms with Crippen LogP contribution in [0.15, 0.2) is 42.9 Å². The SMILES string of the molecule is CC1CC(C)CC(n2cncc2C(N)c2ccccc2)C1. The molecule has 0 radical (unpaired) electrons. The second-order valence-electron chi connectivity index (χ2n) is 6.69. The molecule has 0 amide bonds. The van der Waals surface area contributed by atoms with Gasteiger partial charge in [0.25, 0.3) is 0 Å². The van der Waals surface area contributed by atoms with Crippen LogP contribution < -0.4 is 5.73 Å². The minimum Gasteiger partial charge on any atom is -0.330 e. The summed E-state index contributed by atoms with van der Waals surface area (Å²) in [6, 6.07) is 10.7. The van der Waals surface area contributed by atoms with E-state index in [-0.39, 0.29) is 6.04 Å². The first-order valence-corrected chi connectivity index (χ1v) is 7.97. The van der Waals surface area contributed by atoms with Crippen LogP contribution in [0.5, 0.6) is 0 Å². The standard InChI is InChI=1S/C18H25N3/c1-13-8-14(2)10-16(9-13)21-12-20-11-17(21)18(19)15-6-4-3-5-7-15/h3-7,11-14,16,18H,8-10,19H2,1-2H3. The van der Waals surface area contributed by atoms with Gasteiger partial charge in [0.1, 0.15) is 0 Å². The Labute approximate surface area is 127 Å². The lowest BCUT2D eigenvalue weighted by Crippen LogP contribution is -2.25. The highest BCUT2D eigenvalue weighted by atomic mass is 15.1. The lowest BCUT2D eigenvalue weighted by Gasteiger charge is -2.33. The first-order chi connectivity index (χ1) is 10.1. The summed E-state index contributed by atoms with van der Waals surface area (Å²) in [5.74, 6) is 1.56. The molecule has 3 atom stereocenters. The molecule has 0 bridgehead atoms.